The van der Waals surface area contributed by atoms with Crippen LogP contribution in [0.1, 0.15) is 5.76 Å². The van der Waals surface area contributed by atoms with E-state index in [-0.39, 0.29) is 21.9 Å². The van der Waals surface area contributed by atoms with Crippen LogP contribution in [-0.2, 0) is 13.1 Å². The third-order valence-electron chi connectivity index (χ3n) is 2.26. The Labute approximate surface area is 115 Å². The molecule has 6 nitrogen and oxygen atoms in total. The summed E-state index contributed by atoms with van der Waals surface area (Å²) in [6.07, 6.45) is -2.07. The van der Waals surface area contributed by atoms with Gasteiger partial charge in [-0.2, -0.15) is 18.3 Å². The second kappa shape index (κ2) is 5.53. The summed E-state index contributed by atoms with van der Waals surface area (Å²) in [5.74, 6) is 0.473. The molecule has 108 valence electrons. The second-order valence-corrected chi connectivity index (χ2v) is 4.16. The summed E-state index contributed by atoms with van der Waals surface area (Å²) < 4.78 is 41.7. The molecule has 1 N–H and O–H groups in total. The van der Waals surface area contributed by atoms with Gasteiger partial charge in [-0.15, -0.1) is 0 Å². The second-order valence-electron chi connectivity index (χ2n) is 3.78. The van der Waals surface area contributed by atoms with Crippen LogP contribution in [0.2, 0.25) is 5.02 Å². The number of aromatic nitrogens is 3. The van der Waals surface area contributed by atoms with Gasteiger partial charge >= 0.3 is 6.18 Å². The average Bonchev–Trinajstić information content (AvgIpc) is 2.86. The molecule has 0 bridgehead atoms. The Hall–Kier alpha value is -2.03. The quantitative estimate of drug-likeness (QED) is 0.936. The highest BCUT2D eigenvalue weighted by Crippen LogP contribution is 2.19. The third-order valence-corrected chi connectivity index (χ3v) is 2.62. The van der Waals surface area contributed by atoms with Gasteiger partial charge in [-0.05, 0) is 0 Å². The van der Waals surface area contributed by atoms with Crippen LogP contribution in [0.25, 0.3) is 0 Å². The van der Waals surface area contributed by atoms with Gasteiger partial charge in [-0.1, -0.05) is 16.8 Å². The van der Waals surface area contributed by atoms with Crippen molar-refractivity contribution in [2.24, 2.45) is 0 Å². The summed E-state index contributed by atoms with van der Waals surface area (Å²) in [5, 5.41) is 9.24. The van der Waals surface area contributed by atoms with Crippen molar-refractivity contribution in [1.82, 2.24) is 14.9 Å². The van der Waals surface area contributed by atoms with Crippen LogP contribution in [0.3, 0.4) is 0 Å². The molecule has 0 unspecified atom stereocenters. The fourth-order valence-corrected chi connectivity index (χ4v) is 1.60. The number of rotatable bonds is 4. The Morgan fingerprint density at radius 3 is 2.80 bits per heavy atom. The molecule has 0 atom stereocenters. The van der Waals surface area contributed by atoms with Gasteiger partial charge in [-0.25, -0.2) is 4.68 Å². The van der Waals surface area contributed by atoms with E-state index in [4.69, 9.17) is 16.1 Å². The van der Waals surface area contributed by atoms with Crippen LogP contribution in [0.15, 0.2) is 27.8 Å². The van der Waals surface area contributed by atoms with Crippen LogP contribution >= 0.6 is 11.6 Å². The predicted octanol–water partition coefficient (Wildman–Crippen LogP) is 2.06. The lowest BCUT2D eigenvalue weighted by molar-refractivity contribution is -0.143. The molecule has 0 spiro atoms. The Kier molecular flexibility index (Phi) is 3.98. The van der Waals surface area contributed by atoms with E-state index in [0.29, 0.717) is 5.76 Å². The van der Waals surface area contributed by atoms with Crippen molar-refractivity contribution in [3.63, 3.8) is 0 Å². The van der Waals surface area contributed by atoms with Crippen molar-refractivity contribution in [3.05, 3.63) is 39.6 Å². The van der Waals surface area contributed by atoms with Gasteiger partial charge in [0.1, 0.15) is 11.6 Å². The average molecular weight is 309 g/mol. The minimum atomic E-state index is -4.55. The Morgan fingerprint density at radius 2 is 2.20 bits per heavy atom. The highest BCUT2D eigenvalue weighted by Gasteiger charge is 2.29. The van der Waals surface area contributed by atoms with E-state index in [1.807, 2.05) is 0 Å². The van der Waals surface area contributed by atoms with Crippen molar-refractivity contribution >= 4 is 17.3 Å². The molecule has 0 saturated carbocycles. The highest BCUT2D eigenvalue weighted by atomic mass is 35.5. The molecular weight excluding hydrogens is 301 g/mol. The Bertz CT molecular complexity index is 639. The van der Waals surface area contributed by atoms with Crippen LogP contribution in [-0.4, -0.2) is 21.1 Å². The topological polar surface area (TPSA) is 73.0 Å². The number of hydrogen-bond donors (Lipinski definition) is 1. The summed E-state index contributed by atoms with van der Waals surface area (Å²) >= 11 is 5.72. The fourth-order valence-electron chi connectivity index (χ4n) is 1.39. The molecule has 2 heterocycles. The Balaban J connectivity index is 2.16. The molecule has 10 heteroatoms. The van der Waals surface area contributed by atoms with Gasteiger partial charge < -0.3 is 9.84 Å². The molecular formula is C10H8ClF3N4O2. The third kappa shape index (κ3) is 3.50. The van der Waals surface area contributed by atoms with Gasteiger partial charge in [0.05, 0.1) is 24.6 Å². The molecule has 2 aromatic rings. The zero-order valence-electron chi connectivity index (χ0n) is 9.82. The van der Waals surface area contributed by atoms with Crippen molar-refractivity contribution < 1.29 is 17.7 Å². The van der Waals surface area contributed by atoms with Crippen LogP contribution in [0, 0.1) is 0 Å². The first-order chi connectivity index (χ1) is 9.37. The van der Waals surface area contributed by atoms with E-state index in [0.717, 1.165) is 6.20 Å². The van der Waals surface area contributed by atoms with Crippen LogP contribution in [0.5, 0.6) is 0 Å². The minimum absolute atomic E-state index is 0.117. The molecule has 0 aliphatic carbocycles. The maximum atomic E-state index is 12.2. The zero-order valence-corrected chi connectivity index (χ0v) is 10.6. The maximum Gasteiger partial charge on any atom is 0.408 e. The van der Waals surface area contributed by atoms with Gasteiger partial charge in [0, 0.05) is 6.07 Å². The summed E-state index contributed by atoms with van der Waals surface area (Å²) in [6, 6.07) is 1.58. The van der Waals surface area contributed by atoms with Gasteiger partial charge in [-0.3, -0.25) is 4.79 Å². The number of alkyl halides is 3. The number of nitrogens with zero attached hydrogens (tertiary/aromatic N) is 3. The lowest BCUT2D eigenvalue weighted by Crippen LogP contribution is -2.30. The highest BCUT2D eigenvalue weighted by molar-refractivity contribution is 6.32. The minimum Gasteiger partial charge on any atom is -0.375 e. The Morgan fingerprint density at radius 1 is 1.45 bits per heavy atom. The van der Waals surface area contributed by atoms with E-state index < -0.39 is 18.3 Å². The smallest absolute Gasteiger partial charge is 0.375 e. The van der Waals surface area contributed by atoms with Crippen molar-refractivity contribution in [2.45, 2.75) is 19.3 Å². The zero-order chi connectivity index (χ0) is 14.8. The molecule has 20 heavy (non-hydrogen) atoms. The van der Waals surface area contributed by atoms with Crippen molar-refractivity contribution in [3.8, 4) is 0 Å². The molecule has 0 saturated heterocycles. The molecule has 0 aliphatic rings. The van der Waals surface area contributed by atoms with E-state index in [9.17, 15) is 18.0 Å². The largest absolute Gasteiger partial charge is 0.408 e. The number of nitrogens with one attached hydrogen (secondary N) is 1. The summed E-state index contributed by atoms with van der Waals surface area (Å²) in [7, 11) is 0. The molecule has 0 aliphatic heterocycles. The normalized spacial score (nSPS) is 11.6. The lowest BCUT2D eigenvalue weighted by atomic mass is 10.4. The van der Waals surface area contributed by atoms with Crippen LogP contribution < -0.4 is 10.9 Å². The molecule has 2 aromatic heterocycles. The van der Waals surface area contributed by atoms with Gasteiger partial charge in [0.15, 0.2) is 5.76 Å². The van der Waals surface area contributed by atoms with Crippen molar-refractivity contribution in [2.75, 3.05) is 5.32 Å². The maximum absolute atomic E-state index is 12.2. The number of anilines is 1. The van der Waals surface area contributed by atoms with Crippen molar-refractivity contribution in [1.29, 1.82) is 0 Å². The molecule has 0 radical (unpaired) electrons. The lowest BCUT2D eigenvalue weighted by Gasteiger charge is -2.10. The van der Waals surface area contributed by atoms with Crippen LogP contribution in [0.4, 0.5) is 18.9 Å². The standard InChI is InChI=1S/C10H8ClF3N4O2/c11-8-7(15-3-6-1-2-17-20-6)4-16-18(9(8)19)5-10(12,13)14/h1-2,4,15H,3,5H2. The summed E-state index contributed by atoms with van der Waals surface area (Å²) in [6.45, 7) is -1.32. The number of hydrogen-bond acceptors (Lipinski definition) is 5. The SMILES string of the molecule is O=c1c(Cl)c(NCc2ccno2)cnn1CC(F)(F)F. The fraction of sp³-hybridized carbons (Fsp3) is 0.300. The van der Waals surface area contributed by atoms with Gasteiger partial charge in [0.25, 0.3) is 5.56 Å². The summed E-state index contributed by atoms with van der Waals surface area (Å²) in [5.41, 5.74) is -0.905. The molecule has 2 rings (SSSR count). The molecule has 0 aromatic carbocycles. The van der Waals surface area contributed by atoms with E-state index in [1.54, 1.807) is 6.07 Å². The van der Waals surface area contributed by atoms with Gasteiger partial charge in [0.2, 0.25) is 0 Å². The first kappa shape index (κ1) is 14.4. The first-order valence-corrected chi connectivity index (χ1v) is 5.70. The summed E-state index contributed by atoms with van der Waals surface area (Å²) in [4.78, 5) is 11.6. The molecule has 0 amide bonds. The van der Waals surface area contributed by atoms with E-state index >= 15 is 0 Å². The van der Waals surface area contributed by atoms with E-state index in [1.165, 1.54) is 6.20 Å². The monoisotopic (exact) mass is 308 g/mol. The van der Waals surface area contributed by atoms with E-state index in [2.05, 4.69) is 15.6 Å². The predicted molar refractivity (Wildman–Crippen MR) is 63.4 cm³/mol. The molecule has 0 fully saturated rings. The number of halogens is 4. The first-order valence-electron chi connectivity index (χ1n) is 5.32.